The number of benzene rings is 1. The molecule has 0 aromatic heterocycles. The van der Waals surface area contributed by atoms with Crippen LogP contribution < -0.4 is 5.23 Å². The zero-order valence-corrected chi connectivity index (χ0v) is 17.5. The number of carbonyl (C=O) groups excluding carboxylic acids is 2. The van der Waals surface area contributed by atoms with Crippen LogP contribution in [0.25, 0.3) is 0 Å². The van der Waals surface area contributed by atoms with Crippen LogP contribution in [0.1, 0.15) is 43.5 Å². The van der Waals surface area contributed by atoms with Gasteiger partial charge in [-0.2, -0.15) is 5.23 Å². The molecular formula is C22H27NO8. The van der Waals surface area contributed by atoms with Crippen LogP contribution in [0, 0.1) is 22.0 Å². The molecule has 6 unspecified atom stereocenters. The zero-order valence-electron chi connectivity index (χ0n) is 17.5. The molecule has 1 saturated carbocycles. The maximum atomic E-state index is 12.9. The molecule has 1 aromatic carbocycles. The summed E-state index contributed by atoms with van der Waals surface area (Å²) < 4.78 is 11.0. The molecule has 1 aliphatic heterocycles. The van der Waals surface area contributed by atoms with E-state index < -0.39 is 46.1 Å². The van der Waals surface area contributed by atoms with Crippen molar-refractivity contribution in [2.45, 2.75) is 45.3 Å². The summed E-state index contributed by atoms with van der Waals surface area (Å²) in [5.74, 6) is -1.76. The lowest BCUT2D eigenvalue weighted by molar-refractivity contribution is -0.991. The number of carbonyl (C=O) groups is 2. The molecule has 9 nitrogen and oxygen atoms in total. The molecular weight excluding hydrogens is 406 g/mol. The van der Waals surface area contributed by atoms with Gasteiger partial charge in [0.25, 0.3) is 0 Å². The molecule has 3 aliphatic rings. The van der Waals surface area contributed by atoms with E-state index in [1.165, 1.54) is 24.3 Å². The smallest absolute Gasteiger partial charge is 0.338 e. The van der Waals surface area contributed by atoms with Crippen molar-refractivity contribution in [2.75, 3.05) is 13.2 Å². The molecule has 9 heteroatoms. The van der Waals surface area contributed by atoms with E-state index in [2.05, 4.69) is 0 Å². The molecule has 0 saturated heterocycles. The summed E-state index contributed by atoms with van der Waals surface area (Å²) in [7, 11) is 0. The van der Waals surface area contributed by atoms with E-state index in [4.69, 9.17) is 14.7 Å². The second-order valence-corrected chi connectivity index (χ2v) is 9.23. The molecule has 0 spiro atoms. The summed E-state index contributed by atoms with van der Waals surface area (Å²) >= 11 is 0. The standard InChI is InChI=1S/C22H27NO8/c1-21(11-24)8-3-9-22(2)14-10-30-20(27)15(14)16(25)17(18(21)22)31-19(26)12-4-6-13(7-5-12)23(28)29/h4-7,16-18,23-25,28H,3,8-11H2,1-2H3. The molecule has 1 fully saturated rings. The summed E-state index contributed by atoms with van der Waals surface area (Å²) in [6.45, 7) is 3.83. The van der Waals surface area contributed by atoms with Gasteiger partial charge in [-0.15, -0.1) is 0 Å². The number of esters is 2. The zero-order chi connectivity index (χ0) is 22.6. The minimum Gasteiger partial charge on any atom is -0.595 e. The first-order chi connectivity index (χ1) is 14.6. The summed E-state index contributed by atoms with van der Waals surface area (Å²) in [5.41, 5.74) is -0.155. The normalized spacial score (nSPS) is 35.8. The van der Waals surface area contributed by atoms with Crippen molar-refractivity contribution in [1.29, 1.82) is 0 Å². The van der Waals surface area contributed by atoms with Gasteiger partial charge in [0.1, 0.15) is 18.8 Å². The number of fused-ring (bicyclic) bond motifs is 2. The molecule has 168 valence electrons. The third kappa shape index (κ3) is 3.37. The van der Waals surface area contributed by atoms with Crippen LogP contribution in [0.3, 0.4) is 0 Å². The fourth-order valence-electron chi connectivity index (χ4n) is 5.82. The monoisotopic (exact) mass is 433 g/mol. The molecule has 31 heavy (non-hydrogen) atoms. The Labute approximate surface area is 179 Å². The van der Waals surface area contributed by atoms with Crippen molar-refractivity contribution >= 4 is 17.6 Å². The Bertz CT molecular complexity index is 926. The van der Waals surface area contributed by atoms with E-state index in [1.807, 2.05) is 13.8 Å². The van der Waals surface area contributed by atoms with E-state index in [-0.39, 0.29) is 30.0 Å². The Morgan fingerprint density at radius 3 is 2.58 bits per heavy atom. The molecule has 4 rings (SSSR count). The highest BCUT2D eigenvalue weighted by molar-refractivity contribution is 5.94. The van der Waals surface area contributed by atoms with Gasteiger partial charge in [-0.3, -0.25) is 0 Å². The van der Waals surface area contributed by atoms with Crippen molar-refractivity contribution in [2.24, 2.45) is 16.7 Å². The van der Waals surface area contributed by atoms with E-state index in [1.54, 1.807) is 0 Å². The number of hydrogen-bond donors (Lipinski definition) is 4. The largest absolute Gasteiger partial charge is 0.595 e. The Kier molecular flexibility index (Phi) is 5.43. The lowest BCUT2D eigenvalue weighted by Gasteiger charge is -2.57. The van der Waals surface area contributed by atoms with Gasteiger partial charge in [0.2, 0.25) is 0 Å². The SMILES string of the molecule is CC1(CO)CCCC2(C)C3=C(C(=O)OC3)C(O)C(OC(=O)c3ccc([NH+]([O-])O)cc3)C12. The van der Waals surface area contributed by atoms with Crippen molar-refractivity contribution in [1.82, 2.24) is 0 Å². The van der Waals surface area contributed by atoms with Crippen LogP contribution in [-0.2, 0) is 14.3 Å². The average Bonchev–Trinajstić information content (AvgIpc) is 3.14. The molecule has 4 N–H and O–H groups in total. The summed E-state index contributed by atoms with van der Waals surface area (Å²) in [4.78, 5) is 25.3. The van der Waals surface area contributed by atoms with Crippen LogP contribution in [-0.4, -0.2) is 52.8 Å². The molecule has 1 heterocycles. The molecule has 0 radical (unpaired) electrons. The van der Waals surface area contributed by atoms with Gasteiger partial charge in [-0.25, -0.2) is 14.8 Å². The number of hydrogen-bond acceptors (Lipinski definition) is 8. The fourth-order valence-corrected chi connectivity index (χ4v) is 5.82. The Balaban J connectivity index is 1.72. The number of nitrogens with one attached hydrogen (secondary N) is 1. The van der Waals surface area contributed by atoms with E-state index in [0.29, 0.717) is 6.42 Å². The maximum absolute atomic E-state index is 12.9. The van der Waals surface area contributed by atoms with Gasteiger partial charge >= 0.3 is 11.9 Å². The first-order valence-corrected chi connectivity index (χ1v) is 10.4. The Hall–Kier alpha value is -2.30. The van der Waals surface area contributed by atoms with Crippen molar-refractivity contribution in [3.8, 4) is 0 Å². The quantitative estimate of drug-likeness (QED) is 0.401. The third-order valence-corrected chi connectivity index (χ3v) is 7.37. The Morgan fingerprint density at radius 1 is 1.29 bits per heavy atom. The first kappa shape index (κ1) is 21.9. The summed E-state index contributed by atoms with van der Waals surface area (Å²) in [5, 5.41) is 40.3. The summed E-state index contributed by atoms with van der Waals surface area (Å²) in [6.07, 6.45) is -0.193. The predicted molar refractivity (Wildman–Crippen MR) is 106 cm³/mol. The molecule has 6 atom stereocenters. The lowest BCUT2D eigenvalue weighted by atomic mass is 9.48. The van der Waals surface area contributed by atoms with Gasteiger partial charge < -0.3 is 24.9 Å². The second-order valence-electron chi connectivity index (χ2n) is 9.23. The lowest BCUT2D eigenvalue weighted by Crippen LogP contribution is -2.99. The summed E-state index contributed by atoms with van der Waals surface area (Å²) in [6, 6.07) is 5.29. The van der Waals surface area contributed by atoms with Crippen molar-refractivity contribution < 1.29 is 39.7 Å². The molecule has 1 aromatic rings. The van der Waals surface area contributed by atoms with Gasteiger partial charge in [0.05, 0.1) is 11.1 Å². The predicted octanol–water partition coefficient (Wildman–Crippen LogP) is 0.648. The third-order valence-electron chi connectivity index (χ3n) is 7.37. The highest BCUT2D eigenvalue weighted by atomic mass is 16.8. The average molecular weight is 433 g/mol. The molecule has 0 bridgehead atoms. The number of quaternary nitrogens is 1. The van der Waals surface area contributed by atoms with Crippen LogP contribution in [0.15, 0.2) is 35.4 Å². The Morgan fingerprint density at radius 2 is 1.97 bits per heavy atom. The van der Waals surface area contributed by atoms with Crippen LogP contribution in [0.4, 0.5) is 5.69 Å². The molecule has 0 amide bonds. The highest BCUT2D eigenvalue weighted by Crippen LogP contribution is 2.61. The van der Waals surface area contributed by atoms with Crippen molar-refractivity contribution in [3.63, 3.8) is 0 Å². The topological polar surface area (TPSA) is 141 Å². The van der Waals surface area contributed by atoms with Crippen LogP contribution in [0.2, 0.25) is 0 Å². The van der Waals surface area contributed by atoms with Gasteiger partial charge in [0.15, 0.2) is 5.69 Å². The maximum Gasteiger partial charge on any atom is 0.338 e. The minimum absolute atomic E-state index is 0.0328. The van der Waals surface area contributed by atoms with Gasteiger partial charge in [-0.05, 0) is 41.4 Å². The highest BCUT2D eigenvalue weighted by Gasteiger charge is 2.62. The number of cyclic esters (lactones) is 1. The number of rotatable bonds is 4. The van der Waals surface area contributed by atoms with E-state index >= 15 is 0 Å². The number of ether oxygens (including phenoxy) is 2. The van der Waals surface area contributed by atoms with Crippen LogP contribution >= 0.6 is 0 Å². The van der Waals surface area contributed by atoms with E-state index in [0.717, 1.165) is 18.4 Å². The van der Waals surface area contributed by atoms with Crippen molar-refractivity contribution in [3.05, 3.63) is 46.2 Å². The first-order valence-electron chi connectivity index (χ1n) is 10.4. The van der Waals surface area contributed by atoms with Crippen LogP contribution in [0.5, 0.6) is 0 Å². The fraction of sp³-hybridized carbons (Fsp3) is 0.545. The van der Waals surface area contributed by atoms with Gasteiger partial charge in [0, 0.05) is 24.7 Å². The second kappa shape index (κ2) is 7.68. The number of aliphatic hydroxyl groups is 2. The number of aliphatic hydroxyl groups excluding tert-OH is 2. The minimum atomic E-state index is -1.37. The molecule has 2 aliphatic carbocycles. The van der Waals surface area contributed by atoms with E-state index in [9.17, 15) is 25.0 Å². The van der Waals surface area contributed by atoms with Gasteiger partial charge in [-0.1, -0.05) is 20.3 Å².